The topological polar surface area (TPSA) is 0 Å². The van der Waals surface area contributed by atoms with E-state index in [2.05, 4.69) is 163 Å². The second kappa shape index (κ2) is 12.8. The molecule has 0 bridgehead atoms. The summed E-state index contributed by atoms with van der Waals surface area (Å²) >= 11 is -3.68. The van der Waals surface area contributed by atoms with Gasteiger partial charge in [-0.25, -0.2) is 0 Å². The van der Waals surface area contributed by atoms with E-state index in [1.54, 1.807) is 22.3 Å². The molecule has 0 saturated carbocycles. The van der Waals surface area contributed by atoms with Crippen LogP contribution < -0.4 is 0 Å². The summed E-state index contributed by atoms with van der Waals surface area (Å²) in [4.78, 5) is 0. The van der Waals surface area contributed by atoms with Gasteiger partial charge in [-0.05, 0) is 0 Å². The molecule has 46 heavy (non-hydrogen) atoms. The van der Waals surface area contributed by atoms with Crippen LogP contribution in [0.25, 0.3) is 34.4 Å². The minimum absolute atomic E-state index is 0. The summed E-state index contributed by atoms with van der Waals surface area (Å²) in [5, 5.41) is 0. The van der Waals surface area contributed by atoms with Crippen LogP contribution in [0.3, 0.4) is 0 Å². The Morgan fingerprint density at radius 2 is 1.24 bits per heavy atom. The van der Waals surface area contributed by atoms with E-state index < -0.39 is 17.4 Å². The summed E-state index contributed by atoms with van der Waals surface area (Å²) in [6, 6.07) is 30.4. The molecule has 2 aliphatic carbocycles. The molecule has 4 aromatic carbocycles. The van der Waals surface area contributed by atoms with E-state index in [4.69, 9.17) is 0 Å². The van der Waals surface area contributed by atoms with Crippen LogP contribution in [-0.4, -0.2) is 6.88 Å². The quantitative estimate of drug-likeness (QED) is 0.178. The maximum absolute atomic E-state index is 3.68. The Morgan fingerprint density at radius 1 is 0.674 bits per heavy atom. The molecule has 0 N–H and O–H groups in total. The zero-order valence-electron chi connectivity index (χ0n) is 29.4. The molecular weight excluding hydrogens is 695 g/mol. The van der Waals surface area contributed by atoms with Crippen LogP contribution in [0.1, 0.15) is 87.7 Å². The molecule has 0 aliphatic heterocycles. The van der Waals surface area contributed by atoms with E-state index in [0.29, 0.717) is 13.2 Å². The number of benzene rings is 4. The Bertz CT molecular complexity index is 1910. The van der Waals surface area contributed by atoms with Crippen molar-refractivity contribution in [2.24, 2.45) is 5.92 Å². The van der Waals surface area contributed by atoms with Crippen molar-refractivity contribution in [3.05, 3.63) is 129 Å². The zero-order chi connectivity index (χ0) is 31.8. The Kier molecular flexibility index (Phi) is 10.3. The van der Waals surface area contributed by atoms with Crippen molar-refractivity contribution in [1.82, 2.24) is 0 Å². The summed E-state index contributed by atoms with van der Waals surface area (Å²) in [7, 11) is 0. The first-order valence-electron chi connectivity index (χ1n) is 16.5. The molecule has 4 aromatic rings. The standard InChI is InChI=1S/C22H25.C18H17.2CH3.2ClH.H2Si.Zr/c1-15(2)18-13-17-7-6-8-20(21(17)14-18)16-9-11-19(12-10-16)22(3,4)5;1-12-4-7-15(8-5-12)16-9-6-14(3)17-10-13(2)11-18(16)17;;;;;;/h6-15H,1-5H3;4-11H,1-3H3;2*1H3;2*1H;1H2;. The van der Waals surface area contributed by atoms with Gasteiger partial charge in [0.2, 0.25) is 0 Å². The number of aryl methyl sites for hydroxylation is 2. The largest absolute Gasteiger partial charge is 0.147 e. The molecule has 2 aliphatic rings. The van der Waals surface area contributed by atoms with Crippen molar-refractivity contribution in [3.63, 3.8) is 0 Å². The van der Waals surface area contributed by atoms with Crippen molar-refractivity contribution in [2.45, 2.75) is 77.3 Å². The van der Waals surface area contributed by atoms with Crippen LogP contribution in [-0.2, 0) is 22.8 Å². The third kappa shape index (κ3) is 6.18. The fourth-order valence-corrected chi connectivity index (χ4v) is 29.2. The Hall–Kier alpha value is -1.96. The predicted octanol–water partition coefficient (Wildman–Crippen LogP) is 12.4. The number of hydrogen-bond acceptors (Lipinski definition) is 0. The molecule has 0 fully saturated rings. The fourth-order valence-electron chi connectivity index (χ4n) is 8.58. The number of rotatable bonds is 5. The first kappa shape index (κ1) is 36.9. The molecule has 0 radical (unpaired) electrons. The van der Waals surface area contributed by atoms with Gasteiger partial charge in [-0.1, -0.05) is 0 Å². The SMILES string of the molecule is CC1=Cc2c(-c3ccc(C)cc3)ccc(C)c2[CH]1[Zr]([CH3])([CH3])(=[SiH2])[CH]1C(C(C)C)=Cc2c(-c3ccc(C(C)(C)C)cc3)cccc21.Cl.Cl. The number of allylic oxidation sites excluding steroid dienone is 2. The van der Waals surface area contributed by atoms with Crippen molar-refractivity contribution in [3.8, 4) is 22.3 Å². The molecule has 0 nitrogen and oxygen atoms in total. The Labute approximate surface area is 293 Å². The summed E-state index contributed by atoms with van der Waals surface area (Å²) in [5.41, 5.74) is 19.1. The van der Waals surface area contributed by atoms with Gasteiger partial charge < -0.3 is 0 Å². The average molecular weight is 747 g/mol. The van der Waals surface area contributed by atoms with Gasteiger partial charge in [0, 0.05) is 0 Å². The van der Waals surface area contributed by atoms with E-state index in [-0.39, 0.29) is 30.2 Å². The van der Waals surface area contributed by atoms with Crippen LogP contribution in [0.15, 0.2) is 90.0 Å². The summed E-state index contributed by atoms with van der Waals surface area (Å²) < 4.78 is 6.58. The summed E-state index contributed by atoms with van der Waals surface area (Å²) in [6.07, 6.45) is 5.16. The number of hydrogen-bond donors (Lipinski definition) is 0. The van der Waals surface area contributed by atoms with Crippen LogP contribution in [0.5, 0.6) is 0 Å². The van der Waals surface area contributed by atoms with E-state index in [1.165, 1.54) is 50.1 Å². The monoisotopic (exact) mass is 744 g/mol. The first-order valence-corrected chi connectivity index (χ1v) is 30.2. The molecule has 0 spiro atoms. The van der Waals surface area contributed by atoms with Gasteiger partial charge in [0.1, 0.15) is 0 Å². The molecule has 2 atom stereocenters. The summed E-state index contributed by atoms with van der Waals surface area (Å²) in [6.45, 7) is 21.1. The van der Waals surface area contributed by atoms with Crippen molar-refractivity contribution < 1.29 is 17.4 Å². The smallest absolute Gasteiger partial charge is 0.147 e. The molecule has 242 valence electrons. The fraction of sp³-hybridized carbons (Fsp3) is 0.333. The van der Waals surface area contributed by atoms with Gasteiger partial charge >= 0.3 is 271 Å². The molecule has 2 unspecified atom stereocenters. The maximum Gasteiger partial charge on any atom is -0.147 e. The first-order chi connectivity index (χ1) is 20.6. The van der Waals surface area contributed by atoms with Crippen LogP contribution in [0, 0.1) is 19.8 Å². The van der Waals surface area contributed by atoms with Gasteiger partial charge in [0.25, 0.3) is 0 Å². The van der Waals surface area contributed by atoms with Gasteiger partial charge in [-0.3, -0.25) is 0 Å². The van der Waals surface area contributed by atoms with Crippen LogP contribution in [0.4, 0.5) is 0 Å². The molecule has 6 rings (SSSR count). The minimum Gasteiger partial charge on any atom is -0.147 e. The van der Waals surface area contributed by atoms with Crippen molar-refractivity contribution in [1.29, 1.82) is 0 Å². The Balaban J connectivity index is 0.00000240. The maximum atomic E-state index is 2.77. The molecule has 0 saturated heterocycles. The molecular formula is C42H52Cl2SiZr. The second-order valence-corrected chi connectivity index (χ2v) is 46.7. The van der Waals surface area contributed by atoms with E-state index >= 15 is 0 Å². The van der Waals surface area contributed by atoms with Gasteiger partial charge in [0.15, 0.2) is 0 Å². The third-order valence-electron chi connectivity index (χ3n) is 10.7. The van der Waals surface area contributed by atoms with E-state index in [1.807, 2.05) is 0 Å². The van der Waals surface area contributed by atoms with E-state index in [9.17, 15) is 0 Å². The van der Waals surface area contributed by atoms with Crippen LogP contribution in [0.2, 0.25) is 9.26 Å². The van der Waals surface area contributed by atoms with Crippen molar-refractivity contribution >= 4 is 43.8 Å². The molecule has 0 aromatic heterocycles. The van der Waals surface area contributed by atoms with Gasteiger partial charge in [-0.15, -0.1) is 24.8 Å². The third-order valence-corrected chi connectivity index (χ3v) is 28.3. The zero-order valence-corrected chi connectivity index (χ0v) is 34.9. The van der Waals surface area contributed by atoms with Gasteiger partial charge in [0.05, 0.1) is 0 Å². The van der Waals surface area contributed by atoms with Crippen molar-refractivity contribution in [2.75, 3.05) is 0 Å². The molecule has 0 amide bonds. The summed E-state index contributed by atoms with van der Waals surface area (Å²) in [5.74, 6) is 0.506. The Morgan fingerprint density at radius 3 is 1.80 bits per heavy atom. The number of halogens is 2. The van der Waals surface area contributed by atoms with Crippen LogP contribution >= 0.6 is 24.8 Å². The average Bonchev–Trinajstić information content (AvgIpc) is 3.54. The normalized spacial score (nSPS) is 17.5. The van der Waals surface area contributed by atoms with Gasteiger partial charge in [-0.2, -0.15) is 0 Å². The van der Waals surface area contributed by atoms with E-state index in [0.717, 1.165) is 0 Å². The predicted molar refractivity (Wildman–Crippen MR) is 209 cm³/mol. The second-order valence-electron chi connectivity index (χ2n) is 16.2. The molecule has 4 heteroatoms. The minimum atomic E-state index is -3.68. The number of fused-ring (bicyclic) bond motifs is 2. The molecule has 0 heterocycles.